The minimum absolute atomic E-state index is 0.00273. The molecule has 1 saturated heterocycles. The van der Waals surface area contributed by atoms with Gasteiger partial charge in [0, 0.05) is 61.6 Å². The molecule has 3 aromatic rings. The Hall–Kier alpha value is -2.75. The average Bonchev–Trinajstić information content (AvgIpc) is 3.49. The van der Waals surface area contributed by atoms with Gasteiger partial charge in [-0.15, -0.1) is 0 Å². The first-order valence-corrected chi connectivity index (χ1v) is 14.2. The predicted molar refractivity (Wildman–Crippen MR) is 152 cm³/mol. The highest BCUT2D eigenvalue weighted by Gasteiger charge is 2.33. The highest BCUT2D eigenvalue weighted by molar-refractivity contribution is 6.46. The second-order valence-electron chi connectivity index (χ2n) is 11.1. The summed E-state index contributed by atoms with van der Waals surface area (Å²) in [6, 6.07) is 1.73. The van der Waals surface area contributed by atoms with Crippen molar-refractivity contribution in [2.24, 2.45) is 0 Å². The van der Waals surface area contributed by atoms with E-state index in [9.17, 15) is 9.59 Å². The molecule has 0 radical (unpaired) electrons. The van der Waals surface area contributed by atoms with E-state index in [1.54, 1.807) is 17.9 Å². The summed E-state index contributed by atoms with van der Waals surface area (Å²) in [6.45, 7) is 11.5. The zero-order valence-electron chi connectivity index (χ0n) is 23.1. The molecular formula is C28H35Cl2N5O4. The fraction of sp³-hybridized carbons (Fsp3) is 0.536. The van der Waals surface area contributed by atoms with Crippen LogP contribution in [0.5, 0.6) is 0 Å². The number of fused-ring (bicyclic) bond motifs is 3. The minimum atomic E-state index is -0.675. The number of halogens is 2. The van der Waals surface area contributed by atoms with Crippen molar-refractivity contribution in [3.8, 4) is 11.1 Å². The van der Waals surface area contributed by atoms with Crippen LogP contribution in [0.25, 0.3) is 22.0 Å². The Balaban J connectivity index is 1.76. The predicted octanol–water partition coefficient (Wildman–Crippen LogP) is 6.63. The molecule has 210 valence electrons. The molecule has 2 aromatic heterocycles. The molecule has 2 amide bonds. The van der Waals surface area contributed by atoms with E-state index in [1.165, 1.54) is 0 Å². The molecule has 0 aliphatic carbocycles. The summed E-state index contributed by atoms with van der Waals surface area (Å²) in [4.78, 5) is 29.2. The molecule has 4 heterocycles. The molecule has 9 nitrogen and oxygen atoms in total. The summed E-state index contributed by atoms with van der Waals surface area (Å²) >= 11 is 13.6. The summed E-state index contributed by atoms with van der Waals surface area (Å²) < 4.78 is 15.7. The number of ether oxygens (including phenoxy) is 2. The molecule has 11 heteroatoms. The Morgan fingerprint density at radius 3 is 2.64 bits per heavy atom. The number of amides is 2. The first-order chi connectivity index (χ1) is 18.5. The molecule has 0 bridgehead atoms. The zero-order valence-corrected chi connectivity index (χ0v) is 24.6. The monoisotopic (exact) mass is 575 g/mol. The molecule has 0 N–H and O–H groups in total. The lowest BCUT2D eigenvalue weighted by molar-refractivity contribution is -0.130. The Labute approximate surface area is 238 Å². The van der Waals surface area contributed by atoms with Crippen molar-refractivity contribution in [1.29, 1.82) is 0 Å². The van der Waals surface area contributed by atoms with Gasteiger partial charge in [-0.2, -0.15) is 5.10 Å². The lowest BCUT2D eigenvalue weighted by Crippen LogP contribution is -2.37. The maximum atomic E-state index is 13.4. The highest BCUT2D eigenvalue weighted by atomic mass is 35.5. The van der Waals surface area contributed by atoms with Gasteiger partial charge in [0.2, 0.25) is 5.91 Å². The fourth-order valence-electron chi connectivity index (χ4n) is 5.47. The molecule has 5 rings (SSSR count). The van der Waals surface area contributed by atoms with Crippen LogP contribution in [0.15, 0.2) is 18.5 Å². The Morgan fingerprint density at radius 1 is 1.23 bits per heavy atom. The van der Waals surface area contributed by atoms with Crippen molar-refractivity contribution >= 4 is 51.8 Å². The number of benzene rings is 1. The van der Waals surface area contributed by atoms with Gasteiger partial charge in [0.1, 0.15) is 11.8 Å². The van der Waals surface area contributed by atoms with E-state index in [1.807, 2.05) is 49.7 Å². The largest absolute Gasteiger partial charge is 0.443 e. The van der Waals surface area contributed by atoms with Crippen molar-refractivity contribution in [1.82, 2.24) is 19.2 Å². The van der Waals surface area contributed by atoms with Crippen molar-refractivity contribution in [3.05, 3.63) is 34.2 Å². The van der Waals surface area contributed by atoms with E-state index in [0.717, 1.165) is 47.0 Å². The summed E-state index contributed by atoms with van der Waals surface area (Å²) in [5, 5.41) is 6.19. The van der Waals surface area contributed by atoms with Crippen molar-refractivity contribution in [3.63, 3.8) is 0 Å². The van der Waals surface area contributed by atoms with Crippen molar-refractivity contribution < 1.29 is 19.1 Å². The van der Waals surface area contributed by atoms with Crippen LogP contribution in [0.2, 0.25) is 10.0 Å². The molecule has 1 fully saturated rings. The van der Waals surface area contributed by atoms with Gasteiger partial charge in [-0.25, -0.2) is 9.48 Å². The second-order valence-corrected chi connectivity index (χ2v) is 11.9. The molecule has 0 spiro atoms. The van der Waals surface area contributed by atoms with Crippen LogP contribution in [0, 0.1) is 0 Å². The second kappa shape index (κ2) is 10.7. The van der Waals surface area contributed by atoms with Gasteiger partial charge in [-0.05, 0) is 53.0 Å². The lowest BCUT2D eigenvalue weighted by atomic mass is 10.0. The Morgan fingerprint density at radius 2 is 2.00 bits per heavy atom. The number of rotatable bonds is 4. The molecule has 0 saturated carbocycles. The van der Waals surface area contributed by atoms with Crippen LogP contribution in [0.4, 0.5) is 10.5 Å². The smallest absolute Gasteiger partial charge is 0.414 e. The summed E-state index contributed by atoms with van der Waals surface area (Å²) in [7, 11) is 0. The van der Waals surface area contributed by atoms with Gasteiger partial charge in [-0.3, -0.25) is 9.69 Å². The van der Waals surface area contributed by atoms with Crippen molar-refractivity contribution in [2.45, 2.75) is 78.8 Å². The van der Waals surface area contributed by atoms with Gasteiger partial charge in [0.15, 0.2) is 0 Å². The van der Waals surface area contributed by atoms with Crippen LogP contribution in [-0.2, 0) is 27.4 Å². The van der Waals surface area contributed by atoms with Crippen LogP contribution in [0.1, 0.15) is 65.8 Å². The summed E-state index contributed by atoms with van der Waals surface area (Å²) in [5.41, 5.74) is 3.30. The molecule has 1 unspecified atom stereocenters. The topological polar surface area (TPSA) is 81.8 Å². The van der Waals surface area contributed by atoms with Crippen molar-refractivity contribution in [2.75, 3.05) is 24.6 Å². The molecule has 39 heavy (non-hydrogen) atoms. The number of aromatic nitrogens is 3. The van der Waals surface area contributed by atoms with E-state index in [2.05, 4.69) is 9.67 Å². The van der Waals surface area contributed by atoms with Gasteiger partial charge in [0.05, 0.1) is 34.0 Å². The third-order valence-electron chi connectivity index (χ3n) is 7.25. The number of nitrogens with zero attached hydrogens (tertiary/aromatic N) is 5. The number of hydrogen-bond donors (Lipinski definition) is 0. The number of carbonyl (C=O) groups excluding carboxylic acids is 2. The first-order valence-electron chi connectivity index (χ1n) is 13.4. The average molecular weight is 577 g/mol. The van der Waals surface area contributed by atoms with E-state index in [4.69, 9.17) is 32.7 Å². The third kappa shape index (κ3) is 5.24. The summed E-state index contributed by atoms with van der Waals surface area (Å²) in [6.07, 6.45) is 6.21. The van der Waals surface area contributed by atoms with Gasteiger partial charge in [0.25, 0.3) is 0 Å². The van der Waals surface area contributed by atoms with E-state index in [-0.39, 0.29) is 12.1 Å². The standard InChI is InChI=1S/C28H35Cl2N5O4/c1-6-33(27(37)39-28(3,4)5)20-13-19(29)25(30)26-24(20)23(21-16-32(17(2)36)10-11-34(21)26)18-14-31-35(15-18)22-9-7-8-12-38-22/h13-15,22H,6-12,16H2,1-5H3. The van der Waals surface area contributed by atoms with E-state index >= 15 is 0 Å². The zero-order chi connectivity index (χ0) is 28.1. The minimum Gasteiger partial charge on any atom is -0.443 e. The van der Waals surface area contributed by atoms with Crippen LogP contribution < -0.4 is 4.90 Å². The quantitative estimate of drug-likeness (QED) is 0.348. The van der Waals surface area contributed by atoms with E-state index in [0.29, 0.717) is 48.5 Å². The van der Waals surface area contributed by atoms with E-state index < -0.39 is 11.7 Å². The molecular weight excluding hydrogens is 541 g/mol. The van der Waals surface area contributed by atoms with Crippen LogP contribution in [0.3, 0.4) is 0 Å². The third-order valence-corrected chi connectivity index (χ3v) is 8.03. The van der Waals surface area contributed by atoms with Gasteiger partial charge in [-0.1, -0.05) is 23.2 Å². The maximum absolute atomic E-state index is 13.4. The lowest BCUT2D eigenvalue weighted by Gasteiger charge is -2.29. The van der Waals surface area contributed by atoms with Crippen LogP contribution >= 0.6 is 23.2 Å². The molecule has 2 aliphatic rings. The molecule has 1 atom stereocenters. The number of carbonyl (C=O) groups is 2. The normalized spacial score (nSPS) is 17.8. The number of anilines is 1. The fourth-order valence-corrected chi connectivity index (χ4v) is 5.91. The number of hydrogen-bond acceptors (Lipinski definition) is 5. The summed E-state index contributed by atoms with van der Waals surface area (Å²) in [5.74, 6) is -0.00273. The SMILES string of the molecule is CCN(C(=O)OC(C)(C)C)c1cc(Cl)c(Cl)c2c1c(-c1cnn(C3CCCCO3)c1)c1n2CCN(C(C)=O)C1. The van der Waals surface area contributed by atoms with Gasteiger partial charge >= 0.3 is 6.09 Å². The maximum Gasteiger partial charge on any atom is 0.414 e. The Kier molecular flexibility index (Phi) is 7.61. The van der Waals surface area contributed by atoms with Gasteiger partial charge < -0.3 is 18.9 Å². The first kappa shape index (κ1) is 27.8. The Bertz CT molecular complexity index is 1420. The molecule has 2 aliphatic heterocycles. The van der Waals surface area contributed by atoms with Crippen LogP contribution in [-0.4, -0.2) is 56.5 Å². The molecule has 1 aromatic carbocycles. The highest BCUT2D eigenvalue weighted by Crippen LogP contribution is 2.47.